The molecule has 0 saturated heterocycles. The average molecular weight is 264 g/mol. The summed E-state index contributed by atoms with van der Waals surface area (Å²) >= 11 is 0. The monoisotopic (exact) mass is 264 g/mol. The maximum atomic E-state index is 3.99. The summed E-state index contributed by atoms with van der Waals surface area (Å²) in [6.45, 7) is 3.87. The van der Waals surface area contributed by atoms with Crippen molar-refractivity contribution in [1.29, 1.82) is 0 Å². The molecule has 0 aliphatic carbocycles. The number of aliphatic imine (C=N–C) groups is 1. The molecule has 0 N–H and O–H groups in total. The van der Waals surface area contributed by atoms with Crippen LogP contribution in [0.15, 0.2) is 60.1 Å². The number of rotatable bonds is 4. The number of anilines is 1. The molecule has 2 heteroatoms. The summed E-state index contributed by atoms with van der Waals surface area (Å²) in [5.41, 5.74) is 3.45. The van der Waals surface area contributed by atoms with Crippen LogP contribution in [0.3, 0.4) is 0 Å². The first kappa shape index (κ1) is 14.1. The minimum Gasteiger partial charge on any atom is -0.378 e. The van der Waals surface area contributed by atoms with Crippen LogP contribution in [-0.4, -0.2) is 27.4 Å². The van der Waals surface area contributed by atoms with Gasteiger partial charge >= 0.3 is 0 Å². The molecule has 0 saturated carbocycles. The van der Waals surface area contributed by atoms with E-state index in [4.69, 9.17) is 0 Å². The van der Waals surface area contributed by atoms with Gasteiger partial charge in [0.1, 0.15) is 0 Å². The normalized spacial score (nSPS) is 12.1. The third-order valence-corrected chi connectivity index (χ3v) is 3.30. The Bertz CT molecular complexity index is 679. The molecule has 2 rings (SSSR count). The van der Waals surface area contributed by atoms with Crippen molar-refractivity contribution in [1.82, 2.24) is 0 Å². The molecule has 102 valence electrons. The van der Waals surface area contributed by atoms with Crippen LogP contribution in [0, 0.1) is 0 Å². The minimum absolute atomic E-state index is 1.08. The van der Waals surface area contributed by atoms with Gasteiger partial charge in [-0.1, -0.05) is 30.9 Å². The van der Waals surface area contributed by atoms with Crippen molar-refractivity contribution >= 4 is 28.2 Å². The quantitative estimate of drug-likeness (QED) is 0.597. The molecule has 0 radical (unpaired) electrons. The molecule has 0 atom stereocenters. The van der Waals surface area contributed by atoms with E-state index < -0.39 is 0 Å². The minimum atomic E-state index is 1.08. The van der Waals surface area contributed by atoms with Gasteiger partial charge in [-0.25, -0.2) is 0 Å². The molecule has 0 aliphatic rings. The fraction of sp³-hybridized carbons (Fsp3) is 0.167. The molecule has 0 amide bonds. The third-order valence-electron chi connectivity index (χ3n) is 3.30. The molecular weight excluding hydrogens is 244 g/mol. The van der Waals surface area contributed by atoms with Crippen LogP contribution < -0.4 is 4.90 Å². The van der Waals surface area contributed by atoms with Gasteiger partial charge < -0.3 is 4.90 Å². The molecule has 20 heavy (non-hydrogen) atoms. The predicted molar refractivity (Wildman–Crippen MR) is 90.9 cm³/mol. The molecule has 0 fully saturated rings. The summed E-state index contributed by atoms with van der Waals surface area (Å²) < 4.78 is 0. The molecule has 0 heterocycles. The summed E-state index contributed by atoms with van der Waals surface area (Å²) in [5, 5.41) is 2.47. The summed E-state index contributed by atoms with van der Waals surface area (Å²) in [7, 11) is 5.87. The van der Waals surface area contributed by atoms with E-state index in [2.05, 4.69) is 67.0 Å². The Morgan fingerprint density at radius 2 is 1.80 bits per heavy atom. The SMILES string of the molecule is C=C/C(=C\C=NC)c1ccc2cc(N(C)C)ccc2c1. The van der Waals surface area contributed by atoms with Gasteiger partial charge in [-0.05, 0) is 46.2 Å². The molecule has 0 aliphatic heterocycles. The Labute approximate surface area is 120 Å². The molecule has 2 nitrogen and oxygen atoms in total. The van der Waals surface area contributed by atoms with Crippen LogP contribution in [0.4, 0.5) is 5.69 Å². The van der Waals surface area contributed by atoms with Crippen molar-refractivity contribution in [3.05, 3.63) is 60.7 Å². The maximum Gasteiger partial charge on any atom is 0.0367 e. The van der Waals surface area contributed by atoms with Gasteiger partial charge in [-0.3, -0.25) is 4.99 Å². The van der Waals surface area contributed by atoms with E-state index in [9.17, 15) is 0 Å². The number of hydrogen-bond acceptors (Lipinski definition) is 2. The Balaban J connectivity index is 2.49. The van der Waals surface area contributed by atoms with E-state index >= 15 is 0 Å². The Hall–Kier alpha value is -2.35. The molecule has 0 aromatic heterocycles. The second kappa shape index (κ2) is 6.20. The lowest BCUT2D eigenvalue weighted by molar-refractivity contribution is 1.14. The highest BCUT2D eigenvalue weighted by Crippen LogP contribution is 2.25. The van der Waals surface area contributed by atoms with E-state index in [1.165, 1.54) is 16.5 Å². The van der Waals surface area contributed by atoms with Crippen LogP contribution in [0.25, 0.3) is 16.3 Å². The molecule has 0 spiro atoms. The van der Waals surface area contributed by atoms with Gasteiger partial charge in [0.05, 0.1) is 0 Å². The topological polar surface area (TPSA) is 15.6 Å². The van der Waals surface area contributed by atoms with Crippen LogP contribution in [-0.2, 0) is 0 Å². The Kier molecular flexibility index (Phi) is 4.36. The second-order valence-electron chi connectivity index (χ2n) is 4.87. The van der Waals surface area contributed by atoms with Gasteiger partial charge in [0, 0.05) is 33.0 Å². The Morgan fingerprint density at radius 3 is 2.45 bits per heavy atom. The van der Waals surface area contributed by atoms with Crippen molar-refractivity contribution in [3.63, 3.8) is 0 Å². The largest absolute Gasteiger partial charge is 0.378 e. The average Bonchev–Trinajstić information content (AvgIpc) is 2.47. The van der Waals surface area contributed by atoms with E-state index in [1.807, 2.05) is 12.2 Å². The van der Waals surface area contributed by atoms with Crippen molar-refractivity contribution < 1.29 is 0 Å². The number of fused-ring (bicyclic) bond motifs is 1. The highest BCUT2D eigenvalue weighted by Gasteiger charge is 2.02. The summed E-state index contributed by atoms with van der Waals surface area (Å²) in [6, 6.07) is 13.0. The number of benzene rings is 2. The summed E-state index contributed by atoms with van der Waals surface area (Å²) in [4.78, 5) is 6.10. The van der Waals surface area contributed by atoms with Crippen molar-refractivity contribution in [2.45, 2.75) is 0 Å². The molecular formula is C18H20N2. The lowest BCUT2D eigenvalue weighted by Crippen LogP contribution is -2.07. The van der Waals surface area contributed by atoms with Crippen molar-refractivity contribution in [3.8, 4) is 0 Å². The summed E-state index contributed by atoms with van der Waals surface area (Å²) in [6.07, 6.45) is 5.62. The molecule has 0 unspecified atom stereocenters. The van der Waals surface area contributed by atoms with Crippen LogP contribution in [0.1, 0.15) is 5.56 Å². The first-order chi connectivity index (χ1) is 9.65. The van der Waals surface area contributed by atoms with E-state index in [-0.39, 0.29) is 0 Å². The fourth-order valence-corrected chi connectivity index (χ4v) is 2.13. The van der Waals surface area contributed by atoms with E-state index in [0.29, 0.717) is 0 Å². The van der Waals surface area contributed by atoms with Crippen LogP contribution in [0.5, 0.6) is 0 Å². The number of allylic oxidation sites excluding steroid dienone is 3. The fourth-order valence-electron chi connectivity index (χ4n) is 2.13. The van der Waals surface area contributed by atoms with E-state index in [0.717, 1.165) is 11.1 Å². The zero-order valence-corrected chi connectivity index (χ0v) is 12.3. The van der Waals surface area contributed by atoms with Crippen molar-refractivity contribution in [2.24, 2.45) is 4.99 Å². The van der Waals surface area contributed by atoms with Gasteiger partial charge in [0.25, 0.3) is 0 Å². The predicted octanol–water partition coefficient (Wildman–Crippen LogP) is 4.18. The van der Waals surface area contributed by atoms with Gasteiger partial charge in [-0.15, -0.1) is 0 Å². The second-order valence-corrected chi connectivity index (χ2v) is 4.87. The maximum absolute atomic E-state index is 3.99. The standard InChI is InChI=1S/C18H20N2/c1-5-14(10-11-19-2)15-6-7-17-13-18(20(3)4)9-8-16(17)12-15/h5-13H,1H2,2-4H3/b14-10+,19-11?. The lowest BCUT2D eigenvalue weighted by Gasteiger charge is -2.13. The first-order valence-electron chi connectivity index (χ1n) is 6.62. The lowest BCUT2D eigenvalue weighted by atomic mass is 10.0. The van der Waals surface area contributed by atoms with Gasteiger partial charge in [0.15, 0.2) is 0 Å². The number of hydrogen-bond donors (Lipinski definition) is 0. The number of nitrogens with zero attached hydrogens (tertiary/aromatic N) is 2. The van der Waals surface area contributed by atoms with Gasteiger partial charge in [-0.2, -0.15) is 0 Å². The van der Waals surface area contributed by atoms with Gasteiger partial charge in [0.2, 0.25) is 0 Å². The highest BCUT2D eigenvalue weighted by molar-refractivity contribution is 5.93. The zero-order chi connectivity index (χ0) is 14.5. The zero-order valence-electron chi connectivity index (χ0n) is 12.3. The summed E-state index contributed by atoms with van der Waals surface area (Å²) in [5.74, 6) is 0. The third kappa shape index (κ3) is 2.97. The molecule has 0 bridgehead atoms. The first-order valence-corrected chi connectivity index (χ1v) is 6.62. The Morgan fingerprint density at radius 1 is 1.10 bits per heavy atom. The van der Waals surface area contributed by atoms with Crippen molar-refractivity contribution in [2.75, 3.05) is 26.0 Å². The van der Waals surface area contributed by atoms with Crippen LogP contribution >= 0.6 is 0 Å². The smallest absolute Gasteiger partial charge is 0.0367 e. The molecule has 2 aromatic rings. The molecule has 2 aromatic carbocycles. The highest BCUT2D eigenvalue weighted by atomic mass is 15.1. The van der Waals surface area contributed by atoms with E-state index in [1.54, 1.807) is 13.3 Å². The van der Waals surface area contributed by atoms with Crippen LogP contribution in [0.2, 0.25) is 0 Å².